The highest BCUT2D eigenvalue weighted by atomic mass is 19.1. The molecule has 1 atom stereocenters. The molecule has 1 aromatic rings. The predicted molar refractivity (Wildman–Crippen MR) is 55.7 cm³/mol. The molecule has 2 nitrogen and oxygen atoms in total. The van der Waals surface area contributed by atoms with Crippen molar-refractivity contribution in [1.82, 2.24) is 5.32 Å². The third-order valence-corrected chi connectivity index (χ3v) is 3.18. The van der Waals surface area contributed by atoms with E-state index in [-0.39, 0.29) is 11.4 Å². The van der Waals surface area contributed by atoms with Gasteiger partial charge in [-0.15, -0.1) is 0 Å². The fourth-order valence-electron chi connectivity index (χ4n) is 2.38. The van der Waals surface area contributed by atoms with E-state index in [2.05, 4.69) is 5.32 Å². The summed E-state index contributed by atoms with van der Waals surface area (Å²) in [6.45, 7) is 1.16. The Morgan fingerprint density at radius 2 is 2.33 bits per heavy atom. The molecule has 0 unspecified atom stereocenters. The first-order valence-electron chi connectivity index (χ1n) is 5.10. The average Bonchev–Trinajstić information content (AvgIpc) is 2.70. The van der Waals surface area contributed by atoms with Crippen LogP contribution in [0, 0.1) is 5.82 Å². The molecule has 1 N–H and O–H groups in total. The van der Waals surface area contributed by atoms with E-state index in [1.165, 1.54) is 6.07 Å². The van der Waals surface area contributed by atoms with Crippen molar-refractivity contribution < 1.29 is 9.13 Å². The maximum absolute atomic E-state index is 13.6. The summed E-state index contributed by atoms with van der Waals surface area (Å²) in [7, 11) is 0. The molecule has 1 aromatic carbocycles. The molecule has 1 fully saturated rings. The average molecular weight is 205 g/mol. The van der Waals surface area contributed by atoms with Gasteiger partial charge in [-0.1, -0.05) is 24.3 Å². The normalized spacial score (nSPS) is 28.3. The van der Waals surface area contributed by atoms with E-state index in [9.17, 15) is 4.39 Å². The Hall–Kier alpha value is -1.19. The van der Waals surface area contributed by atoms with Crippen molar-refractivity contribution in [3.05, 3.63) is 41.2 Å². The number of ether oxygens (including phenoxy) is 1. The van der Waals surface area contributed by atoms with Crippen LogP contribution in [0.2, 0.25) is 0 Å². The fraction of sp³-hybridized carbons (Fsp3) is 0.333. The molecule has 3 rings (SSSR count). The molecule has 1 spiro atoms. The van der Waals surface area contributed by atoms with E-state index in [4.69, 9.17) is 4.74 Å². The minimum atomic E-state index is -0.202. The van der Waals surface area contributed by atoms with Crippen molar-refractivity contribution in [2.75, 3.05) is 13.3 Å². The van der Waals surface area contributed by atoms with Crippen LogP contribution in [0.15, 0.2) is 24.3 Å². The first-order valence-corrected chi connectivity index (χ1v) is 5.10. The van der Waals surface area contributed by atoms with Crippen LogP contribution in [0.4, 0.5) is 4.39 Å². The summed E-state index contributed by atoms with van der Waals surface area (Å²) < 4.78 is 19.0. The third-order valence-electron chi connectivity index (χ3n) is 3.18. The van der Waals surface area contributed by atoms with Crippen LogP contribution in [0.5, 0.6) is 0 Å². The monoisotopic (exact) mass is 205 g/mol. The van der Waals surface area contributed by atoms with E-state index in [1.807, 2.05) is 18.2 Å². The van der Waals surface area contributed by atoms with Crippen LogP contribution in [-0.2, 0) is 10.3 Å². The lowest BCUT2D eigenvalue weighted by molar-refractivity contribution is 0.176. The molecule has 15 heavy (non-hydrogen) atoms. The highest BCUT2D eigenvalue weighted by Gasteiger charge is 2.38. The van der Waals surface area contributed by atoms with Gasteiger partial charge in [0.05, 0.1) is 18.9 Å². The molecule has 0 radical (unpaired) electrons. The maximum Gasteiger partial charge on any atom is 0.130 e. The molecule has 0 amide bonds. The Morgan fingerprint density at radius 1 is 1.40 bits per heavy atom. The predicted octanol–water partition coefficient (Wildman–Crippen LogP) is 2.02. The van der Waals surface area contributed by atoms with Crippen molar-refractivity contribution in [2.24, 2.45) is 0 Å². The number of halogens is 1. The number of nitrogens with one attached hydrogen (secondary N) is 1. The Morgan fingerprint density at radius 3 is 3.13 bits per heavy atom. The maximum atomic E-state index is 13.6. The van der Waals surface area contributed by atoms with Crippen LogP contribution >= 0.6 is 0 Å². The number of fused-ring (bicyclic) bond motifs is 2. The van der Waals surface area contributed by atoms with Gasteiger partial charge < -0.3 is 4.74 Å². The van der Waals surface area contributed by atoms with Gasteiger partial charge in [0.15, 0.2) is 0 Å². The molecule has 78 valence electrons. The van der Waals surface area contributed by atoms with Gasteiger partial charge >= 0.3 is 0 Å². The Bertz CT molecular complexity index is 422. The van der Waals surface area contributed by atoms with Gasteiger partial charge in [-0.05, 0) is 18.1 Å². The third kappa shape index (κ3) is 1.24. The molecule has 0 aromatic heterocycles. The summed E-state index contributed by atoms with van der Waals surface area (Å²) in [5, 5.41) is 3.32. The number of benzene rings is 1. The molecule has 1 saturated heterocycles. The van der Waals surface area contributed by atoms with E-state index in [1.54, 1.807) is 6.07 Å². The summed E-state index contributed by atoms with van der Waals surface area (Å²) in [5.74, 6) is -0.156. The SMILES string of the molecule is Fc1cccc2c1C=CC[C@@]21COCN1. The van der Waals surface area contributed by atoms with Crippen LogP contribution in [-0.4, -0.2) is 13.3 Å². The van der Waals surface area contributed by atoms with Gasteiger partial charge in [-0.25, -0.2) is 4.39 Å². The number of rotatable bonds is 0. The molecule has 0 saturated carbocycles. The van der Waals surface area contributed by atoms with E-state index < -0.39 is 0 Å². The van der Waals surface area contributed by atoms with Gasteiger partial charge in [-0.2, -0.15) is 0 Å². The Balaban J connectivity index is 2.18. The van der Waals surface area contributed by atoms with E-state index >= 15 is 0 Å². The van der Waals surface area contributed by atoms with Gasteiger partial charge in [0.1, 0.15) is 5.82 Å². The van der Waals surface area contributed by atoms with Gasteiger partial charge in [0.2, 0.25) is 0 Å². The molecule has 2 aliphatic rings. The smallest absolute Gasteiger partial charge is 0.130 e. The minimum Gasteiger partial charge on any atom is -0.364 e. The van der Waals surface area contributed by atoms with Crippen molar-refractivity contribution in [2.45, 2.75) is 12.0 Å². The largest absolute Gasteiger partial charge is 0.364 e. The zero-order valence-corrected chi connectivity index (χ0v) is 8.29. The van der Waals surface area contributed by atoms with E-state index in [0.717, 1.165) is 12.0 Å². The summed E-state index contributed by atoms with van der Waals surface area (Å²) in [6.07, 6.45) is 4.73. The fourth-order valence-corrected chi connectivity index (χ4v) is 2.38. The van der Waals surface area contributed by atoms with Gasteiger partial charge in [-0.3, -0.25) is 5.32 Å². The molecular formula is C12H12FNO. The van der Waals surface area contributed by atoms with Crippen LogP contribution < -0.4 is 5.32 Å². The molecule has 1 aliphatic carbocycles. The lowest BCUT2D eigenvalue weighted by Crippen LogP contribution is -2.40. The highest BCUT2D eigenvalue weighted by molar-refractivity contribution is 5.60. The highest BCUT2D eigenvalue weighted by Crippen LogP contribution is 2.36. The van der Waals surface area contributed by atoms with Crippen molar-refractivity contribution in [3.8, 4) is 0 Å². The molecular weight excluding hydrogens is 193 g/mol. The van der Waals surface area contributed by atoms with Gasteiger partial charge in [0, 0.05) is 5.56 Å². The number of hydrogen-bond acceptors (Lipinski definition) is 2. The standard InChI is InChI=1S/C12H12FNO/c13-11-5-1-4-10-9(11)3-2-6-12(10)7-15-8-14-12/h1-5,14H,6-8H2/t12-/m1/s1. The number of hydrogen-bond donors (Lipinski definition) is 1. The lowest BCUT2D eigenvalue weighted by atomic mass is 9.81. The Kier molecular flexibility index (Phi) is 1.90. The summed E-state index contributed by atoms with van der Waals surface area (Å²) in [5.41, 5.74) is 1.51. The zero-order chi connectivity index (χ0) is 10.3. The topological polar surface area (TPSA) is 21.3 Å². The van der Waals surface area contributed by atoms with Crippen LogP contribution in [0.1, 0.15) is 17.5 Å². The minimum absolute atomic E-state index is 0.156. The quantitative estimate of drug-likeness (QED) is 0.699. The zero-order valence-electron chi connectivity index (χ0n) is 8.29. The van der Waals surface area contributed by atoms with Crippen molar-refractivity contribution in [1.29, 1.82) is 0 Å². The molecule has 1 heterocycles. The van der Waals surface area contributed by atoms with Crippen LogP contribution in [0.3, 0.4) is 0 Å². The molecule has 3 heteroatoms. The molecule has 1 aliphatic heterocycles. The lowest BCUT2D eigenvalue weighted by Gasteiger charge is -2.31. The Labute approximate surface area is 87.7 Å². The second-order valence-electron chi connectivity index (χ2n) is 4.06. The van der Waals surface area contributed by atoms with Crippen LogP contribution in [0.25, 0.3) is 6.08 Å². The second-order valence-corrected chi connectivity index (χ2v) is 4.06. The summed E-state index contributed by atoms with van der Waals surface area (Å²) >= 11 is 0. The first kappa shape index (κ1) is 9.07. The second kappa shape index (κ2) is 3.15. The van der Waals surface area contributed by atoms with Crippen molar-refractivity contribution >= 4 is 6.08 Å². The van der Waals surface area contributed by atoms with E-state index in [0.29, 0.717) is 18.9 Å². The van der Waals surface area contributed by atoms with Crippen molar-refractivity contribution in [3.63, 3.8) is 0 Å². The molecule has 0 bridgehead atoms. The summed E-state index contributed by atoms with van der Waals surface area (Å²) in [4.78, 5) is 0. The summed E-state index contributed by atoms with van der Waals surface area (Å²) in [6, 6.07) is 5.23. The first-order chi connectivity index (χ1) is 7.32. The van der Waals surface area contributed by atoms with Gasteiger partial charge in [0.25, 0.3) is 0 Å².